The third-order valence-corrected chi connectivity index (χ3v) is 3.12. The van der Waals surface area contributed by atoms with Crippen LogP contribution in [0.4, 0.5) is 10.1 Å². The minimum atomic E-state index is -0.363. The van der Waals surface area contributed by atoms with Crippen molar-refractivity contribution in [2.24, 2.45) is 0 Å². The second-order valence-electron chi connectivity index (χ2n) is 5.08. The second-order valence-corrected chi connectivity index (χ2v) is 5.08. The molecule has 0 fully saturated rings. The van der Waals surface area contributed by atoms with Gasteiger partial charge in [-0.2, -0.15) is 0 Å². The van der Waals surface area contributed by atoms with Gasteiger partial charge in [-0.15, -0.1) is 0 Å². The summed E-state index contributed by atoms with van der Waals surface area (Å²) in [5.41, 5.74) is 2.16. The molecule has 1 aromatic carbocycles. The number of carbonyl (C=O) groups excluding carboxylic acids is 1. The number of pyridine rings is 1. The van der Waals surface area contributed by atoms with E-state index >= 15 is 0 Å². The van der Waals surface area contributed by atoms with Crippen LogP contribution in [0, 0.1) is 5.82 Å². The molecule has 1 unspecified atom stereocenters. The fourth-order valence-corrected chi connectivity index (χ4v) is 2.00. The van der Waals surface area contributed by atoms with Gasteiger partial charge < -0.3 is 10.2 Å². The predicted molar refractivity (Wildman–Crippen MR) is 80.7 cm³/mol. The van der Waals surface area contributed by atoms with Crippen molar-refractivity contribution >= 4 is 11.6 Å². The van der Waals surface area contributed by atoms with Crippen LogP contribution in [-0.2, 0) is 0 Å². The first-order chi connectivity index (χ1) is 9.97. The summed E-state index contributed by atoms with van der Waals surface area (Å²) in [5, 5.41) is 3.24. The molecule has 0 saturated carbocycles. The first-order valence-corrected chi connectivity index (χ1v) is 6.66. The lowest BCUT2D eigenvalue weighted by molar-refractivity contribution is 0.0827. The van der Waals surface area contributed by atoms with Gasteiger partial charge in [-0.1, -0.05) is 6.07 Å². The molecule has 2 aromatic rings. The molecular weight excluding hydrogens is 269 g/mol. The third kappa shape index (κ3) is 3.78. The Balaban J connectivity index is 2.16. The molecule has 2 rings (SSSR count). The highest BCUT2D eigenvalue weighted by molar-refractivity contribution is 5.94. The van der Waals surface area contributed by atoms with Crippen LogP contribution < -0.4 is 5.32 Å². The molecule has 0 radical (unpaired) electrons. The largest absolute Gasteiger partial charge is 0.378 e. The molecule has 4 nitrogen and oxygen atoms in total. The number of amides is 1. The monoisotopic (exact) mass is 287 g/mol. The number of carbonyl (C=O) groups is 1. The van der Waals surface area contributed by atoms with Crippen molar-refractivity contribution in [1.82, 2.24) is 9.88 Å². The van der Waals surface area contributed by atoms with Crippen LogP contribution in [0.25, 0.3) is 0 Å². The van der Waals surface area contributed by atoms with Crippen molar-refractivity contribution in [2.45, 2.75) is 13.0 Å². The molecule has 110 valence electrons. The van der Waals surface area contributed by atoms with Crippen LogP contribution in [-0.4, -0.2) is 29.9 Å². The highest BCUT2D eigenvalue weighted by Crippen LogP contribution is 2.20. The smallest absolute Gasteiger partial charge is 0.253 e. The normalized spacial score (nSPS) is 11.8. The SMILES string of the molecule is CC(Nc1cccc(C(=O)N(C)C)c1)c1cncc(F)c1. The Morgan fingerprint density at radius 3 is 2.71 bits per heavy atom. The number of hydrogen-bond donors (Lipinski definition) is 1. The van der Waals surface area contributed by atoms with E-state index in [1.807, 2.05) is 19.1 Å². The maximum Gasteiger partial charge on any atom is 0.253 e. The lowest BCUT2D eigenvalue weighted by Gasteiger charge is -2.17. The standard InChI is InChI=1S/C16H18FN3O/c1-11(13-7-14(17)10-18-9-13)19-15-6-4-5-12(8-15)16(21)20(2)3/h4-11,19H,1-3H3. The van der Waals surface area contributed by atoms with E-state index in [1.165, 1.54) is 17.2 Å². The van der Waals surface area contributed by atoms with E-state index in [0.717, 1.165) is 11.3 Å². The van der Waals surface area contributed by atoms with Crippen LogP contribution in [0.2, 0.25) is 0 Å². The molecule has 1 N–H and O–H groups in total. The Morgan fingerprint density at radius 1 is 1.29 bits per heavy atom. The van der Waals surface area contributed by atoms with E-state index in [-0.39, 0.29) is 17.8 Å². The molecule has 0 aliphatic heterocycles. The van der Waals surface area contributed by atoms with Crippen molar-refractivity contribution in [3.05, 3.63) is 59.7 Å². The van der Waals surface area contributed by atoms with Gasteiger partial charge in [-0.3, -0.25) is 9.78 Å². The summed E-state index contributed by atoms with van der Waals surface area (Å²) in [6, 6.07) is 8.57. The summed E-state index contributed by atoms with van der Waals surface area (Å²) in [6.07, 6.45) is 2.79. The highest BCUT2D eigenvalue weighted by Gasteiger charge is 2.10. The maximum absolute atomic E-state index is 13.2. The predicted octanol–water partition coefficient (Wildman–Crippen LogP) is 3.10. The van der Waals surface area contributed by atoms with Crippen molar-refractivity contribution in [3.8, 4) is 0 Å². The van der Waals surface area contributed by atoms with Crippen molar-refractivity contribution < 1.29 is 9.18 Å². The van der Waals surface area contributed by atoms with E-state index in [2.05, 4.69) is 10.3 Å². The molecule has 1 aromatic heterocycles. The van der Waals surface area contributed by atoms with E-state index in [1.54, 1.807) is 32.4 Å². The molecule has 1 amide bonds. The number of nitrogens with one attached hydrogen (secondary N) is 1. The number of aromatic nitrogens is 1. The lowest BCUT2D eigenvalue weighted by Crippen LogP contribution is -2.21. The lowest BCUT2D eigenvalue weighted by atomic mass is 10.1. The molecular formula is C16H18FN3O. The average Bonchev–Trinajstić information content (AvgIpc) is 2.46. The highest BCUT2D eigenvalue weighted by atomic mass is 19.1. The van der Waals surface area contributed by atoms with Crippen molar-refractivity contribution in [1.29, 1.82) is 0 Å². The number of hydrogen-bond acceptors (Lipinski definition) is 3. The van der Waals surface area contributed by atoms with Gasteiger partial charge in [0.1, 0.15) is 5.82 Å². The van der Waals surface area contributed by atoms with Crippen molar-refractivity contribution in [2.75, 3.05) is 19.4 Å². The summed E-state index contributed by atoms with van der Waals surface area (Å²) in [4.78, 5) is 17.3. The number of rotatable bonds is 4. The van der Waals surface area contributed by atoms with Crippen LogP contribution in [0.5, 0.6) is 0 Å². The van der Waals surface area contributed by atoms with Crippen LogP contribution >= 0.6 is 0 Å². The van der Waals surface area contributed by atoms with E-state index in [0.29, 0.717) is 5.56 Å². The molecule has 0 saturated heterocycles. The molecule has 1 atom stereocenters. The molecule has 0 bridgehead atoms. The molecule has 0 spiro atoms. The summed E-state index contributed by atoms with van der Waals surface area (Å²) in [7, 11) is 3.42. The van der Waals surface area contributed by atoms with Gasteiger partial charge in [0.15, 0.2) is 0 Å². The number of halogens is 1. The van der Waals surface area contributed by atoms with E-state index < -0.39 is 0 Å². The van der Waals surface area contributed by atoms with Crippen molar-refractivity contribution in [3.63, 3.8) is 0 Å². The first kappa shape index (κ1) is 15.0. The molecule has 0 aliphatic carbocycles. The van der Waals surface area contributed by atoms with Crippen LogP contribution in [0.3, 0.4) is 0 Å². The Kier molecular flexibility index (Phi) is 4.52. The fourth-order valence-electron chi connectivity index (χ4n) is 2.00. The number of nitrogens with zero attached hydrogens (tertiary/aromatic N) is 2. The van der Waals surface area contributed by atoms with Gasteiger partial charge in [-0.05, 0) is 36.8 Å². The van der Waals surface area contributed by atoms with Gasteiger partial charge in [0, 0.05) is 31.5 Å². The third-order valence-electron chi connectivity index (χ3n) is 3.12. The Labute approximate surface area is 123 Å². The first-order valence-electron chi connectivity index (χ1n) is 6.66. The Bertz CT molecular complexity index is 643. The topological polar surface area (TPSA) is 45.2 Å². The quantitative estimate of drug-likeness (QED) is 0.940. The summed E-state index contributed by atoms with van der Waals surface area (Å²) in [6.45, 7) is 1.91. The summed E-state index contributed by atoms with van der Waals surface area (Å²) >= 11 is 0. The minimum absolute atomic E-state index is 0.0567. The number of anilines is 1. The summed E-state index contributed by atoms with van der Waals surface area (Å²) < 4.78 is 13.2. The molecule has 5 heteroatoms. The zero-order valence-electron chi connectivity index (χ0n) is 12.3. The zero-order valence-corrected chi connectivity index (χ0v) is 12.3. The average molecular weight is 287 g/mol. The minimum Gasteiger partial charge on any atom is -0.378 e. The zero-order chi connectivity index (χ0) is 15.4. The van der Waals surface area contributed by atoms with Gasteiger partial charge in [0.2, 0.25) is 0 Å². The fraction of sp³-hybridized carbons (Fsp3) is 0.250. The van der Waals surface area contributed by atoms with E-state index in [9.17, 15) is 9.18 Å². The van der Waals surface area contributed by atoms with Gasteiger partial charge >= 0.3 is 0 Å². The maximum atomic E-state index is 13.2. The Morgan fingerprint density at radius 2 is 2.05 bits per heavy atom. The molecule has 21 heavy (non-hydrogen) atoms. The van der Waals surface area contributed by atoms with Gasteiger partial charge in [0.05, 0.1) is 12.2 Å². The molecule has 1 heterocycles. The second kappa shape index (κ2) is 6.35. The van der Waals surface area contributed by atoms with Crippen LogP contribution in [0.1, 0.15) is 28.9 Å². The van der Waals surface area contributed by atoms with E-state index in [4.69, 9.17) is 0 Å². The number of benzene rings is 1. The summed E-state index contributed by atoms with van der Waals surface area (Å²) in [5.74, 6) is -0.420. The van der Waals surface area contributed by atoms with Crippen LogP contribution in [0.15, 0.2) is 42.7 Å². The molecule has 0 aliphatic rings. The Hall–Kier alpha value is -2.43. The van der Waals surface area contributed by atoms with Gasteiger partial charge in [0.25, 0.3) is 5.91 Å². The van der Waals surface area contributed by atoms with Gasteiger partial charge in [-0.25, -0.2) is 4.39 Å².